The van der Waals surface area contributed by atoms with Crippen molar-refractivity contribution in [2.45, 2.75) is 25.3 Å². The minimum absolute atomic E-state index is 0.158. The fourth-order valence-electron chi connectivity index (χ4n) is 3.83. The first kappa shape index (κ1) is 16.8. The van der Waals surface area contributed by atoms with Gasteiger partial charge in [0.1, 0.15) is 18.4 Å². The molecule has 1 amide bonds. The van der Waals surface area contributed by atoms with Gasteiger partial charge in [-0.2, -0.15) is 5.53 Å². The van der Waals surface area contributed by atoms with E-state index in [0.29, 0.717) is 13.2 Å². The molecule has 0 bridgehead atoms. The van der Waals surface area contributed by atoms with E-state index < -0.39 is 0 Å². The summed E-state index contributed by atoms with van der Waals surface area (Å²) in [5.41, 5.74) is 11.6. The number of hydrogen-bond acceptors (Lipinski definition) is 6. The Morgan fingerprint density at radius 2 is 2.00 bits per heavy atom. The van der Waals surface area contributed by atoms with Crippen molar-refractivity contribution in [3.05, 3.63) is 29.3 Å². The lowest BCUT2D eigenvalue weighted by Crippen LogP contribution is -2.54. The lowest BCUT2D eigenvalue weighted by Gasteiger charge is -2.35. The summed E-state index contributed by atoms with van der Waals surface area (Å²) in [6.45, 7) is 5.63. The van der Waals surface area contributed by atoms with Gasteiger partial charge in [-0.25, -0.2) is 10.9 Å². The molecule has 3 N–H and O–H groups in total. The molecule has 1 atom stereocenters. The Labute approximate surface area is 148 Å². The third kappa shape index (κ3) is 3.95. The molecule has 7 heteroatoms. The van der Waals surface area contributed by atoms with E-state index in [4.69, 9.17) is 4.74 Å². The highest BCUT2D eigenvalue weighted by Crippen LogP contribution is 2.25. The lowest BCUT2D eigenvalue weighted by molar-refractivity contribution is -0.134. The number of carbonyl (C=O) groups is 1. The van der Waals surface area contributed by atoms with Crippen LogP contribution in [0.4, 0.5) is 0 Å². The van der Waals surface area contributed by atoms with Crippen molar-refractivity contribution in [3.63, 3.8) is 0 Å². The van der Waals surface area contributed by atoms with Crippen LogP contribution in [0.5, 0.6) is 5.75 Å². The van der Waals surface area contributed by atoms with Gasteiger partial charge in [0.2, 0.25) is 5.91 Å². The average Bonchev–Trinajstić information content (AvgIpc) is 3.33. The molecule has 1 aromatic rings. The Bertz CT molecular complexity index is 609. The van der Waals surface area contributed by atoms with Crippen molar-refractivity contribution in [2.75, 3.05) is 45.9 Å². The molecule has 1 unspecified atom stereocenters. The van der Waals surface area contributed by atoms with Gasteiger partial charge in [0.25, 0.3) is 0 Å². The molecule has 2 fully saturated rings. The van der Waals surface area contributed by atoms with E-state index in [1.807, 2.05) is 4.90 Å². The highest BCUT2D eigenvalue weighted by Gasteiger charge is 2.29. The predicted molar refractivity (Wildman–Crippen MR) is 95.0 cm³/mol. The van der Waals surface area contributed by atoms with Crippen LogP contribution in [0.15, 0.2) is 18.2 Å². The number of amides is 1. The fraction of sp³-hybridized carbons (Fsp3) is 0.611. The molecular formula is C18H27N5O2. The Balaban J connectivity index is 1.18. The number of piperazine rings is 1. The fourth-order valence-corrected chi connectivity index (χ4v) is 3.83. The molecule has 25 heavy (non-hydrogen) atoms. The minimum Gasteiger partial charge on any atom is -0.492 e. The normalized spacial score (nSPS) is 23.7. The van der Waals surface area contributed by atoms with Crippen molar-refractivity contribution in [1.82, 2.24) is 26.2 Å². The molecule has 3 aliphatic rings. The number of benzene rings is 1. The third-order valence-corrected chi connectivity index (χ3v) is 5.37. The first-order valence-electron chi connectivity index (χ1n) is 9.29. The summed E-state index contributed by atoms with van der Waals surface area (Å²) in [6, 6.07) is 6.35. The van der Waals surface area contributed by atoms with Crippen molar-refractivity contribution in [3.8, 4) is 5.75 Å². The number of fused-ring (bicyclic) bond motifs is 1. The zero-order chi connectivity index (χ0) is 17.1. The number of ether oxygens (including phenoxy) is 1. The van der Waals surface area contributed by atoms with Gasteiger partial charge in [-0.05, 0) is 42.5 Å². The molecule has 2 saturated heterocycles. The second-order valence-electron chi connectivity index (χ2n) is 7.00. The molecular weight excluding hydrogens is 318 g/mol. The van der Waals surface area contributed by atoms with Crippen LogP contribution in [-0.4, -0.2) is 67.6 Å². The summed E-state index contributed by atoms with van der Waals surface area (Å²) in [7, 11) is 0. The maximum atomic E-state index is 12.3. The highest BCUT2D eigenvalue weighted by atomic mass is 16.5. The van der Waals surface area contributed by atoms with Crippen molar-refractivity contribution >= 4 is 5.91 Å². The molecule has 0 saturated carbocycles. The second-order valence-corrected chi connectivity index (χ2v) is 7.00. The number of aryl methyl sites for hydroxylation is 2. The van der Waals surface area contributed by atoms with Crippen LogP contribution in [0.1, 0.15) is 17.5 Å². The van der Waals surface area contributed by atoms with Crippen LogP contribution in [0.2, 0.25) is 0 Å². The Hall–Kier alpha value is -1.67. The maximum absolute atomic E-state index is 12.3. The number of nitrogens with zero attached hydrogens (tertiary/aromatic N) is 2. The molecule has 2 heterocycles. The van der Waals surface area contributed by atoms with E-state index in [2.05, 4.69) is 39.5 Å². The number of carbonyl (C=O) groups excluding carboxylic acids is 1. The number of nitrogens with one attached hydrogen (secondary N) is 3. The van der Waals surface area contributed by atoms with Gasteiger partial charge < -0.3 is 9.64 Å². The largest absolute Gasteiger partial charge is 0.492 e. The Morgan fingerprint density at radius 1 is 1.16 bits per heavy atom. The van der Waals surface area contributed by atoms with Gasteiger partial charge in [0.05, 0.1) is 0 Å². The lowest BCUT2D eigenvalue weighted by atomic mass is 10.1. The number of hydrazine groups is 2. The predicted octanol–water partition coefficient (Wildman–Crippen LogP) is -0.321. The first-order valence-corrected chi connectivity index (χ1v) is 9.29. The molecule has 0 radical (unpaired) electrons. The molecule has 1 aliphatic carbocycles. The van der Waals surface area contributed by atoms with E-state index in [-0.39, 0.29) is 11.9 Å². The molecule has 136 valence electrons. The SMILES string of the molecule is O=C(C1CNNN1)N1CCN(CCOc2ccc3c(c2)CCC3)CC1. The smallest absolute Gasteiger partial charge is 0.242 e. The standard InChI is InChI=1S/C18H27N5O2/c24-18(17-13-19-21-20-17)23-8-6-22(7-9-23)10-11-25-16-5-4-14-2-1-3-15(14)12-16/h4-5,12,17,19-21H,1-3,6-11,13H2. The van der Waals surface area contributed by atoms with Gasteiger partial charge in [-0.1, -0.05) is 6.07 Å². The van der Waals surface area contributed by atoms with Crippen molar-refractivity contribution in [1.29, 1.82) is 0 Å². The van der Waals surface area contributed by atoms with Gasteiger partial charge in [0.15, 0.2) is 0 Å². The summed E-state index contributed by atoms with van der Waals surface area (Å²) >= 11 is 0. The Morgan fingerprint density at radius 3 is 2.80 bits per heavy atom. The molecule has 1 aromatic carbocycles. The number of hydrogen-bond donors (Lipinski definition) is 3. The van der Waals surface area contributed by atoms with E-state index >= 15 is 0 Å². The molecule has 7 nitrogen and oxygen atoms in total. The maximum Gasteiger partial charge on any atom is 0.242 e. The Kier molecular flexibility index (Phi) is 5.17. The molecule has 2 aliphatic heterocycles. The van der Waals surface area contributed by atoms with Gasteiger partial charge >= 0.3 is 0 Å². The second kappa shape index (κ2) is 7.70. The topological polar surface area (TPSA) is 68.9 Å². The van der Waals surface area contributed by atoms with Crippen LogP contribution < -0.4 is 21.1 Å². The van der Waals surface area contributed by atoms with Crippen LogP contribution in [0.25, 0.3) is 0 Å². The van der Waals surface area contributed by atoms with E-state index in [0.717, 1.165) is 38.5 Å². The summed E-state index contributed by atoms with van der Waals surface area (Å²) in [4.78, 5) is 16.7. The average molecular weight is 345 g/mol. The quantitative estimate of drug-likeness (QED) is 0.680. The molecule has 0 spiro atoms. The zero-order valence-electron chi connectivity index (χ0n) is 14.6. The van der Waals surface area contributed by atoms with Crippen LogP contribution in [-0.2, 0) is 17.6 Å². The summed E-state index contributed by atoms with van der Waals surface area (Å²) in [5, 5.41) is 0. The van der Waals surface area contributed by atoms with Gasteiger partial charge in [-0.15, -0.1) is 0 Å². The van der Waals surface area contributed by atoms with Crippen LogP contribution >= 0.6 is 0 Å². The number of rotatable bonds is 5. The van der Waals surface area contributed by atoms with Gasteiger partial charge in [-0.3, -0.25) is 9.69 Å². The third-order valence-electron chi connectivity index (χ3n) is 5.37. The van der Waals surface area contributed by atoms with Crippen molar-refractivity contribution in [2.24, 2.45) is 0 Å². The van der Waals surface area contributed by atoms with Crippen LogP contribution in [0, 0.1) is 0 Å². The summed E-state index contributed by atoms with van der Waals surface area (Å²) in [6.07, 6.45) is 3.66. The van der Waals surface area contributed by atoms with Crippen LogP contribution in [0.3, 0.4) is 0 Å². The highest BCUT2D eigenvalue weighted by molar-refractivity contribution is 5.82. The minimum atomic E-state index is -0.158. The molecule has 0 aromatic heterocycles. The van der Waals surface area contributed by atoms with Gasteiger partial charge in [0, 0.05) is 39.3 Å². The summed E-state index contributed by atoms with van der Waals surface area (Å²) < 4.78 is 5.94. The van der Waals surface area contributed by atoms with E-state index in [1.54, 1.807) is 0 Å². The molecule has 4 rings (SSSR count). The zero-order valence-corrected chi connectivity index (χ0v) is 14.6. The first-order chi connectivity index (χ1) is 12.3. The summed E-state index contributed by atoms with van der Waals surface area (Å²) in [5.74, 6) is 1.16. The monoisotopic (exact) mass is 345 g/mol. The van der Waals surface area contributed by atoms with E-state index in [1.165, 1.54) is 30.4 Å². The van der Waals surface area contributed by atoms with E-state index in [9.17, 15) is 4.79 Å². The van der Waals surface area contributed by atoms with Crippen molar-refractivity contribution < 1.29 is 9.53 Å².